The smallest absolute Gasteiger partial charge is 0.261 e. The molecule has 0 radical (unpaired) electrons. The largest absolute Gasteiger partial charge is 0.350 e. The summed E-state index contributed by atoms with van der Waals surface area (Å²) in [5.41, 5.74) is 0.346. The van der Waals surface area contributed by atoms with Crippen LogP contribution in [-0.4, -0.2) is 72.9 Å². The van der Waals surface area contributed by atoms with Crippen LogP contribution in [0.5, 0.6) is 0 Å². The Kier molecular flexibility index (Phi) is 8.21. The van der Waals surface area contributed by atoms with E-state index < -0.39 is 33.9 Å². The number of imide groups is 1. The van der Waals surface area contributed by atoms with Gasteiger partial charge in [0, 0.05) is 12.1 Å². The minimum atomic E-state index is -3.67. The average molecular weight is 417 g/mol. The van der Waals surface area contributed by atoms with Gasteiger partial charge in [-0.25, -0.2) is 4.39 Å². The average Bonchev–Trinajstić information content (AvgIpc) is 2.86. The van der Waals surface area contributed by atoms with Crippen LogP contribution in [0.15, 0.2) is 24.3 Å². The van der Waals surface area contributed by atoms with Crippen LogP contribution in [0.25, 0.3) is 0 Å². The summed E-state index contributed by atoms with van der Waals surface area (Å²) in [7, 11) is -0.246. The van der Waals surface area contributed by atoms with Crippen molar-refractivity contribution in [1.29, 1.82) is 0 Å². The van der Waals surface area contributed by atoms with Crippen molar-refractivity contribution in [2.45, 2.75) is 32.0 Å². The summed E-state index contributed by atoms with van der Waals surface area (Å²) in [6.45, 7) is 1.49. The first-order valence-electron chi connectivity index (χ1n) is 8.28. The Balaban J connectivity index is 0.000000696. The number of rotatable bonds is 5. The SMILES string of the molecule is CS(=O)(=O)O.C[C@H](C(=O)NCc1ccccc1F)N1C(=O)CC(N(C)C)C1=O. The van der Waals surface area contributed by atoms with E-state index >= 15 is 0 Å². The molecule has 0 spiro atoms. The number of nitrogens with zero attached hydrogens (tertiary/aromatic N) is 2. The van der Waals surface area contributed by atoms with E-state index in [4.69, 9.17) is 4.55 Å². The summed E-state index contributed by atoms with van der Waals surface area (Å²) >= 11 is 0. The molecule has 28 heavy (non-hydrogen) atoms. The van der Waals surface area contributed by atoms with Crippen LogP contribution in [0.2, 0.25) is 0 Å². The predicted molar refractivity (Wildman–Crippen MR) is 99.1 cm³/mol. The zero-order valence-corrected chi connectivity index (χ0v) is 16.9. The highest BCUT2D eigenvalue weighted by Gasteiger charge is 2.43. The molecule has 2 N–H and O–H groups in total. The monoisotopic (exact) mass is 417 g/mol. The quantitative estimate of drug-likeness (QED) is 0.511. The van der Waals surface area contributed by atoms with Crippen molar-refractivity contribution in [3.8, 4) is 0 Å². The standard InChI is InChI=1S/C16H20FN3O3.CH4O3S/c1-10(20-14(21)8-13(16(20)23)19(2)3)15(22)18-9-11-6-4-5-7-12(11)17;1-5(2,3)4/h4-7,10,13H,8-9H2,1-3H3,(H,18,22);1H3,(H,2,3,4)/t10-,13?;/m1./s1. The zero-order chi connectivity index (χ0) is 21.6. The van der Waals surface area contributed by atoms with E-state index in [1.54, 1.807) is 37.2 Å². The molecule has 0 aliphatic carbocycles. The molecule has 2 atom stereocenters. The van der Waals surface area contributed by atoms with Crippen molar-refractivity contribution in [1.82, 2.24) is 15.1 Å². The first-order valence-corrected chi connectivity index (χ1v) is 10.1. The Morgan fingerprint density at radius 1 is 1.36 bits per heavy atom. The van der Waals surface area contributed by atoms with Gasteiger partial charge in [0.05, 0.1) is 18.7 Å². The molecular formula is C17H24FN3O6S. The molecule has 1 aliphatic heterocycles. The van der Waals surface area contributed by atoms with E-state index in [9.17, 15) is 27.2 Å². The van der Waals surface area contributed by atoms with Crippen molar-refractivity contribution in [2.75, 3.05) is 20.4 Å². The van der Waals surface area contributed by atoms with E-state index in [2.05, 4.69) is 5.32 Å². The first kappa shape index (κ1) is 23.7. The molecule has 156 valence electrons. The van der Waals surface area contributed by atoms with Gasteiger partial charge in [-0.05, 0) is 27.1 Å². The van der Waals surface area contributed by atoms with Crippen molar-refractivity contribution >= 4 is 27.8 Å². The fourth-order valence-electron chi connectivity index (χ4n) is 2.53. The lowest BCUT2D eigenvalue weighted by molar-refractivity contribution is -0.147. The summed E-state index contributed by atoms with van der Waals surface area (Å²) in [4.78, 5) is 39.1. The third-order valence-electron chi connectivity index (χ3n) is 3.96. The van der Waals surface area contributed by atoms with Crippen LogP contribution in [0, 0.1) is 5.82 Å². The van der Waals surface area contributed by atoms with Gasteiger partial charge in [0.15, 0.2) is 0 Å². The second kappa shape index (κ2) is 9.71. The number of likely N-dealkylation sites (N-methyl/N-ethyl adjacent to an activating group) is 1. The van der Waals surface area contributed by atoms with Gasteiger partial charge in [0.2, 0.25) is 17.7 Å². The number of halogens is 1. The summed E-state index contributed by atoms with van der Waals surface area (Å²) in [5, 5.41) is 2.56. The number of hydrogen-bond donors (Lipinski definition) is 2. The number of carbonyl (C=O) groups excluding carboxylic acids is 3. The number of benzene rings is 1. The minimum absolute atomic E-state index is 0.00315. The van der Waals surface area contributed by atoms with Crippen LogP contribution < -0.4 is 5.32 Å². The molecule has 1 aliphatic rings. The lowest BCUT2D eigenvalue weighted by Crippen LogP contribution is -2.49. The Bertz CT molecular complexity index is 835. The van der Waals surface area contributed by atoms with Crippen LogP contribution in [-0.2, 0) is 31.0 Å². The highest BCUT2D eigenvalue weighted by molar-refractivity contribution is 7.85. The van der Waals surface area contributed by atoms with Gasteiger partial charge in [0.25, 0.3) is 10.1 Å². The fourth-order valence-corrected chi connectivity index (χ4v) is 2.53. The highest BCUT2D eigenvalue weighted by atomic mass is 32.2. The Morgan fingerprint density at radius 2 is 1.89 bits per heavy atom. The minimum Gasteiger partial charge on any atom is -0.350 e. The molecule has 3 amide bonds. The Morgan fingerprint density at radius 3 is 2.36 bits per heavy atom. The van der Waals surface area contributed by atoms with Gasteiger partial charge >= 0.3 is 0 Å². The van der Waals surface area contributed by atoms with Gasteiger partial charge in [-0.15, -0.1) is 0 Å². The maximum absolute atomic E-state index is 13.5. The molecule has 2 rings (SSSR count). The molecule has 1 aromatic rings. The second-order valence-corrected chi connectivity index (χ2v) is 7.97. The lowest BCUT2D eigenvalue weighted by atomic mass is 10.2. The van der Waals surface area contributed by atoms with Crippen LogP contribution in [0.3, 0.4) is 0 Å². The molecule has 11 heteroatoms. The van der Waals surface area contributed by atoms with E-state index in [-0.39, 0.29) is 24.8 Å². The maximum atomic E-state index is 13.5. The molecule has 9 nitrogen and oxygen atoms in total. The molecule has 0 saturated carbocycles. The van der Waals surface area contributed by atoms with Gasteiger partial charge in [-0.1, -0.05) is 18.2 Å². The van der Waals surface area contributed by atoms with Crippen molar-refractivity contribution in [3.05, 3.63) is 35.6 Å². The second-order valence-electron chi connectivity index (χ2n) is 6.50. The van der Waals surface area contributed by atoms with Gasteiger partial charge in [-0.2, -0.15) is 8.42 Å². The van der Waals surface area contributed by atoms with Crippen molar-refractivity contribution < 1.29 is 31.7 Å². The van der Waals surface area contributed by atoms with Crippen molar-refractivity contribution in [2.24, 2.45) is 0 Å². The zero-order valence-electron chi connectivity index (χ0n) is 16.0. The normalized spacial score (nSPS) is 18.0. The molecule has 0 aromatic heterocycles. The molecule has 1 heterocycles. The number of carbonyl (C=O) groups is 3. The Labute approximate surface area is 163 Å². The third-order valence-corrected chi connectivity index (χ3v) is 3.96. The van der Waals surface area contributed by atoms with Gasteiger partial charge < -0.3 is 5.32 Å². The number of amides is 3. The first-order chi connectivity index (χ1) is 12.8. The van der Waals surface area contributed by atoms with E-state index in [1.807, 2.05) is 0 Å². The summed E-state index contributed by atoms with van der Waals surface area (Å²) < 4.78 is 39.4. The molecular weight excluding hydrogens is 393 g/mol. The summed E-state index contributed by atoms with van der Waals surface area (Å²) in [5.74, 6) is -1.66. The van der Waals surface area contributed by atoms with E-state index in [0.29, 0.717) is 11.8 Å². The number of hydrogen-bond acceptors (Lipinski definition) is 6. The third kappa shape index (κ3) is 6.98. The van der Waals surface area contributed by atoms with Crippen molar-refractivity contribution in [3.63, 3.8) is 0 Å². The number of nitrogens with one attached hydrogen (secondary N) is 1. The lowest BCUT2D eigenvalue weighted by Gasteiger charge is -2.23. The van der Waals surface area contributed by atoms with E-state index in [0.717, 1.165) is 4.90 Å². The molecule has 1 aromatic carbocycles. The summed E-state index contributed by atoms with van der Waals surface area (Å²) in [6, 6.07) is 4.64. The Hall–Kier alpha value is -2.37. The van der Waals surface area contributed by atoms with E-state index in [1.165, 1.54) is 13.0 Å². The molecule has 1 fully saturated rings. The molecule has 1 saturated heterocycles. The fraction of sp³-hybridized carbons (Fsp3) is 0.471. The van der Waals surface area contributed by atoms with Crippen LogP contribution in [0.1, 0.15) is 18.9 Å². The maximum Gasteiger partial charge on any atom is 0.261 e. The highest BCUT2D eigenvalue weighted by Crippen LogP contribution is 2.19. The van der Waals surface area contributed by atoms with Gasteiger partial charge in [-0.3, -0.25) is 28.7 Å². The number of likely N-dealkylation sites (tertiary alicyclic amines) is 1. The topological polar surface area (TPSA) is 124 Å². The van der Waals surface area contributed by atoms with Gasteiger partial charge in [0.1, 0.15) is 11.9 Å². The summed E-state index contributed by atoms with van der Waals surface area (Å²) in [6.07, 6.45) is 0.782. The van der Waals surface area contributed by atoms with Crippen LogP contribution in [0.4, 0.5) is 4.39 Å². The molecule has 1 unspecified atom stereocenters. The molecule has 0 bridgehead atoms. The van der Waals surface area contributed by atoms with Crippen LogP contribution >= 0.6 is 0 Å². The predicted octanol–water partition coefficient (Wildman–Crippen LogP) is 0.0235.